The lowest BCUT2D eigenvalue weighted by molar-refractivity contribution is -0.114. The monoisotopic (exact) mass is 320 g/mol. The van der Waals surface area contributed by atoms with Crippen LogP contribution in [0, 0.1) is 5.92 Å². The fraction of sp³-hybridized carbons (Fsp3) is 0.294. The van der Waals surface area contributed by atoms with Crippen molar-refractivity contribution in [3.05, 3.63) is 66.2 Å². The Bertz CT molecular complexity index is 551. The maximum Gasteiger partial charge on any atom is 0.369 e. The average molecular weight is 320 g/mol. The van der Waals surface area contributed by atoms with Crippen molar-refractivity contribution in [3.8, 4) is 5.75 Å². The molecule has 5 heteroatoms. The first-order valence-corrected chi connectivity index (χ1v) is 8.99. The molecule has 0 amide bonds. The summed E-state index contributed by atoms with van der Waals surface area (Å²) in [5.74, 6) is 0.663. The summed E-state index contributed by atoms with van der Waals surface area (Å²) < 4.78 is 23.5. The van der Waals surface area contributed by atoms with Crippen LogP contribution in [0.2, 0.25) is 0 Å². The van der Waals surface area contributed by atoms with E-state index in [1.807, 2.05) is 62.4 Å². The molecule has 118 valence electrons. The van der Waals surface area contributed by atoms with Crippen LogP contribution in [0.3, 0.4) is 0 Å². The first-order chi connectivity index (χ1) is 10.6. The molecule has 0 heterocycles. The molecular weight excluding hydrogens is 299 g/mol. The van der Waals surface area contributed by atoms with Crippen LogP contribution in [0.15, 0.2) is 60.7 Å². The molecule has 4 nitrogen and oxygen atoms in total. The summed E-state index contributed by atoms with van der Waals surface area (Å²) in [6, 6.07) is 18.5. The minimum Gasteiger partial charge on any atom is -0.329 e. The van der Waals surface area contributed by atoms with Crippen LogP contribution in [-0.4, -0.2) is 6.16 Å². The Morgan fingerprint density at radius 3 is 2.14 bits per heavy atom. The third-order valence-corrected chi connectivity index (χ3v) is 4.85. The zero-order valence-electron chi connectivity index (χ0n) is 12.8. The minimum absolute atomic E-state index is 0.168. The van der Waals surface area contributed by atoms with Gasteiger partial charge in [-0.2, -0.15) is 0 Å². The van der Waals surface area contributed by atoms with Crippen LogP contribution < -0.4 is 4.89 Å². The highest BCUT2D eigenvalue weighted by Gasteiger charge is 2.28. The zero-order valence-corrected chi connectivity index (χ0v) is 13.7. The van der Waals surface area contributed by atoms with Gasteiger partial charge in [-0.25, -0.2) is 0 Å². The molecule has 0 fully saturated rings. The van der Waals surface area contributed by atoms with Gasteiger partial charge in [0.05, 0.1) is 12.8 Å². The molecule has 0 aliphatic heterocycles. The van der Waals surface area contributed by atoms with Crippen LogP contribution in [0.25, 0.3) is 0 Å². The van der Waals surface area contributed by atoms with E-state index in [0.717, 1.165) is 5.56 Å². The molecule has 22 heavy (non-hydrogen) atoms. The van der Waals surface area contributed by atoms with Gasteiger partial charge in [0.15, 0.2) is 5.75 Å². The lowest BCUT2D eigenvalue weighted by Crippen LogP contribution is -2.07. The number of hydrogen-bond acceptors (Lipinski definition) is 4. The van der Waals surface area contributed by atoms with Crippen molar-refractivity contribution in [3.63, 3.8) is 0 Å². The topological polar surface area (TPSA) is 44.8 Å². The quantitative estimate of drug-likeness (QED) is 0.387. The lowest BCUT2D eigenvalue weighted by atomic mass is 10.2. The zero-order chi connectivity index (χ0) is 15.8. The molecule has 0 radical (unpaired) electrons. The second-order valence-corrected chi connectivity index (χ2v) is 7.41. The minimum atomic E-state index is -3.33. The molecule has 0 bridgehead atoms. The van der Waals surface area contributed by atoms with E-state index < -0.39 is 7.60 Å². The van der Waals surface area contributed by atoms with E-state index >= 15 is 0 Å². The van der Waals surface area contributed by atoms with Crippen molar-refractivity contribution >= 4 is 7.60 Å². The Morgan fingerprint density at radius 1 is 0.955 bits per heavy atom. The van der Waals surface area contributed by atoms with Gasteiger partial charge in [0.25, 0.3) is 0 Å². The molecule has 2 aromatic carbocycles. The Balaban J connectivity index is 1.98. The lowest BCUT2D eigenvalue weighted by Gasteiger charge is -2.19. The Kier molecular flexibility index (Phi) is 6.20. The molecule has 0 spiro atoms. The van der Waals surface area contributed by atoms with Crippen molar-refractivity contribution in [1.82, 2.24) is 0 Å². The molecule has 0 N–H and O–H groups in total. The third kappa shape index (κ3) is 5.64. The Hall–Kier alpha value is -1.61. The second-order valence-electron chi connectivity index (χ2n) is 5.42. The van der Waals surface area contributed by atoms with E-state index in [9.17, 15) is 4.57 Å². The molecule has 2 rings (SSSR count). The summed E-state index contributed by atoms with van der Waals surface area (Å²) in [6.07, 6.45) is 0.298. The Labute approximate surface area is 131 Å². The fourth-order valence-corrected chi connectivity index (χ4v) is 3.52. The highest BCUT2D eigenvalue weighted by Crippen LogP contribution is 2.50. The van der Waals surface area contributed by atoms with Gasteiger partial charge >= 0.3 is 7.60 Å². The van der Waals surface area contributed by atoms with Gasteiger partial charge in [-0.15, -0.1) is 0 Å². The van der Waals surface area contributed by atoms with Crippen LogP contribution in [-0.2, 0) is 20.4 Å². The second kappa shape index (κ2) is 8.14. The fourth-order valence-electron chi connectivity index (χ4n) is 1.87. The maximum atomic E-state index is 12.8. The third-order valence-electron chi connectivity index (χ3n) is 2.85. The van der Waals surface area contributed by atoms with E-state index in [1.54, 1.807) is 12.1 Å². The normalized spacial score (nSPS) is 13.8. The van der Waals surface area contributed by atoms with E-state index in [0.29, 0.717) is 11.9 Å². The van der Waals surface area contributed by atoms with Crippen LogP contribution >= 0.6 is 7.60 Å². The summed E-state index contributed by atoms with van der Waals surface area (Å²) in [5, 5.41) is 0. The molecule has 0 saturated heterocycles. The van der Waals surface area contributed by atoms with Crippen LogP contribution in [0.5, 0.6) is 5.75 Å². The molecule has 1 atom stereocenters. The van der Waals surface area contributed by atoms with Crippen molar-refractivity contribution in [1.29, 1.82) is 0 Å². The van der Waals surface area contributed by atoms with Gasteiger partial charge in [0.1, 0.15) is 0 Å². The van der Waals surface area contributed by atoms with Gasteiger partial charge in [0.2, 0.25) is 0 Å². The van der Waals surface area contributed by atoms with E-state index in [1.165, 1.54) is 0 Å². The van der Waals surface area contributed by atoms with Gasteiger partial charge in [-0.1, -0.05) is 67.1 Å². The summed E-state index contributed by atoms with van der Waals surface area (Å²) in [6.45, 7) is 4.15. The first kappa shape index (κ1) is 16.8. The van der Waals surface area contributed by atoms with Gasteiger partial charge < -0.3 is 9.41 Å². The standard InChI is InChI=1S/C17H21O4P/c1-15(2)14-22(18,19-13-16-9-5-3-6-10-16)21-20-17-11-7-4-8-12-17/h3-12,15H,13-14H2,1-2H3. The van der Waals surface area contributed by atoms with Crippen molar-refractivity contribution < 1.29 is 18.7 Å². The first-order valence-electron chi connectivity index (χ1n) is 7.26. The molecule has 0 aromatic heterocycles. The molecule has 0 aliphatic rings. The molecule has 0 aliphatic carbocycles. The molecule has 1 unspecified atom stereocenters. The highest BCUT2D eigenvalue weighted by molar-refractivity contribution is 7.53. The number of hydrogen-bond donors (Lipinski definition) is 0. The maximum absolute atomic E-state index is 12.8. The SMILES string of the molecule is CC(C)CP(=O)(OCc1ccccc1)OOc1ccccc1. The predicted octanol–water partition coefficient (Wildman–Crippen LogP) is 5.06. The largest absolute Gasteiger partial charge is 0.369 e. The van der Waals surface area contributed by atoms with Gasteiger partial charge in [0, 0.05) is 0 Å². The van der Waals surface area contributed by atoms with Crippen molar-refractivity contribution in [2.45, 2.75) is 20.5 Å². The van der Waals surface area contributed by atoms with Crippen LogP contribution in [0.1, 0.15) is 19.4 Å². The van der Waals surface area contributed by atoms with E-state index in [4.69, 9.17) is 14.1 Å². The van der Waals surface area contributed by atoms with Gasteiger partial charge in [-0.05, 0) is 23.6 Å². The van der Waals surface area contributed by atoms with Crippen LogP contribution in [0.4, 0.5) is 0 Å². The molecule has 0 saturated carbocycles. The number of benzene rings is 2. The van der Waals surface area contributed by atoms with Crippen molar-refractivity contribution in [2.24, 2.45) is 5.92 Å². The summed E-state index contributed by atoms with van der Waals surface area (Å²) in [7, 11) is -3.33. The highest BCUT2D eigenvalue weighted by atomic mass is 31.2. The van der Waals surface area contributed by atoms with Gasteiger partial charge in [-0.3, -0.25) is 4.57 Å². The summed E-state index contributed by atoms with van der Waals surface area (Å²) in [4.78, 5) is 5.17. The predicted molar refractivity (Wildman–Crippen MR) is 86.7 cm³/mol. The van der Waals surface area contributed by atoms with E-state index in [-0.39, 0.29) is 12.5 Å². The molecule has 2 aromatic rings. The molecular formula is C17H21O4P. The Morgan fingerprint density at radius 2 is 1.55 bits per heavy atom. The summed E-state index contributed by atoms with van der Waals surface area (Å²) >= 11 is 0. The van der Waals surface area contributed by atoms with E-state index in [2.05, 4.69) is 0 Å². The number of rotatable bonds is 8. The summed E-state index contributed by atoms with van der Waals surface area (Å²) in [5.41, 5.74) is 0.940. The number of para-hydroxylation sites is 1. The average Bonchev–Trinajstić information content (AvgIpc) is 2.53. The van der Waals surface area contributed by atoms with Crippen molar-refractivity contribution in [2.75, 3.05) is 6.16 Å². The smallest absolute Gasteiger partial charge is 0.329 e.